The highest BCUT2D eigenvalue weighted by Gasteiger charge is 2.51. The Balaban J connectivity index is 2.03. The van der Waals surface area contributed by atoms with Crippen molar-refractivity contribution in [1.29, 1.82) is 0 Å². The molecule has 0 radical (unpaired) electrons. The highest BCUT2D eigenvalue weighted by molar-refractivity contribution is 6.30. The van der Waals surface area contributed by atoms with Gasteiger partial charge in [-0.25, -0.2) is 9.67 Å². The number of carbonyl (C=O) groups is 3. The molecule has 1 fully saturated rings. The topological polar surface area (TPSA) is 140 Å². The number of hydrogen-bond acceptors (Lipinski definition) is 11. The van der Waals surface area contributed by atoms with E-state index in [1.807, 2.05) is 13.8 Å². The zero-order chi connectivity index (χ0) is 24.3. The SMILES string of the molecule is CC(=O)OC[C@H]1O[C@@H](n2ncc3c(NOC(C)C)cc(Cl)nc32)[C@H](OC(C)=O)[C@@H]1OC(C)=O. The second-order valence-corrected chi connectivity index (χ2v) is 7.99. The Hall–Kier alpha value is -2.96. The summed E-state index contributed by atoms with van der Waals surface area (Å²) in [5.74, 6) is -1.81. The van der Waals surface area contributed by atoms with E-state index >= 15 is 0 Å². The normalized spacial score (nSPS) is 22.4. The molecule has 1 aliphatic rings. The molecule has 3 rings (SSSR count). The molecule has 1 aliphatic heterocycles. The molecule has 0 aliphatic carbocycles. The summed E-state index contributed by atoms with van der Waals surface area (Å²) in [6, 6.07) is 1.57. The van der Waals surface area contributed by atoms with Crippen LogP contribution in [-0.4, -0.2) is 63.7 Å². The van der Waals surface area contributed by atoms with Crippen molar-refractivity contribution in [1.82, 2.24) is 14.8 Å². The Bertz CT molecular complexity index is 1040. The van der Waals surface area contributed by atoms with Crippen molar-refractivity contribution in [2.24, 2.45) is 0 Å². The quantitative estimate of drug-likeness (QED) is 0.255. The average molecular weight is 485 g/mol. The summed E-state index contributed by atoms with van der Waals surface area (Å²) in [5, 5.41) is 5.04. The first-order valence-electron chi connectivity index (χ1n) is 10.2. The molecular weight excluding hydrogens is 460 g/mol. The lowest BCUT2D eigenvalue weighted by Gasteiger charge is -2.23. The maximum atomic E-state index is 11.8. The van der Waals surface area contributed by atoms with Crippen molar-refractivity contribution in [2.45, 2.75) is 65.3 Å². The lowest BCUT2D eigenvalue weighted by Crippen LogP contribution is -2.40. The van der Waals surface area contributed by atoms with Crippen LogP contribution in [0.5, 0.6) is 0 Å². The fourth-order valence-corrected chi connectivity index (χ4v) is 3.52. The maximum absolute atomic E-state index is 11.8. The Morgan fingerprint density at radius 3 is 2.42 bits per heavy atom. The summed E-state index contributed by atoms with van der Waals surface area (Å²) in [5.41, 5.74) is 3.63. The number of aromatic nitrogens is 3. The number of rotatable bonds is 8. The lowest BCUT2D eigenvalue weighted by atomic mass is 10.1. The number of carbonyl (C=O) groups excluding carboxylic acids is 3. The number of anilines is 1. The zero-order valence-corrected chi connectivity index (χ0v) is 19.5. The summed E-state index contributed by atoms with van der Waals surface area (Å²) in [6.45, 7) is 7.12. The number of ether oxygens (including phenoxy) is 4. The molecule has 0 bridgehead atoms. The number of pyridine rings is 1. The van der Waals surface area contributed by atoms with Gasteiger partial charge < -0.3 is 18.9 Å². The number of esters is 3. The molecule has 0 amide bonds. The van der Waals surface area contributed by atoms with Gasteiger partial charge >= 0.3 is 17.9 Å². The van der Waals surface area contributed by atoms with Gasteiger partial charge in [0.05, 0.1) is 23.4 Å². The first kappa shape index (κ1) is 24.7. The molecule has 3 heterocycles. The van der Waals surface area contributed by atoms with Crippen LogP contribution in [0.15, 0.2) is 12.3 Å². The van der Waals surface area contributed by atoms with E-state index in [9.17, 15) is 14.4 Å². The highest BCUT2D eigenvalue weighted by atomic mass is 35.5. The van der Waals surface area contributed by atoms with Crippen LogP contribution < -0.4 is 5.48 Å². The van der Waals surface area contributed by atoms with Crippen LogP contribution in [0.3, 0.4) is 0 Å². The molecule has 33 heavy (non-hydrogen) atoms. The second-order valence-electron chi connectivity index (χ2n) is 7.60. The van der Waals surface area contributed by atoms with Crippen molar-refractivity contribution in [3.8, 4) is 0 Å². The molecule has 180 valence electrons. The van der Waals surface area contributed by atoms with Crippen LogP contribution in [0.1, 0.15) is 40.8 Å². The van der Waals surface area contributed by atoms with E-state index in [0.29, 0.717) is 16.7 Å². The third kappa shape index (κ3) is 5.89. The van der Waals surface area contributed by atoms with Gasteiger partial charge in [-0.15, -0.1) is 0 Å². The van der Waals surface area contributed by atoms with Crippen molar-refractivity contribution >= 4 is 46.2 Å². The van der Waals surface area contributed by atoms with E-state index in [2.05, 4.69) is 15.6 Å². The Morgan fingerprint density at radius 2 is 1.82 bits per heavy atom. The van der Waals surface area contributed by atoms with Gasteiger partial charge in [0.25, 0.3) is 0 Å². The molecule has 1 saturated heterocycles. The van der Waals surface area contributed by atoms with Crippen molar-refractivity contribution in [3.05, 3.63) is 17.4 Å². The number of fused-ring (bicyclic) bond motifs is 1. The zero-order valence-electron chi connectivity index (χ0n) is 18.7. The fraction of sp³-hybridized carbons (Fsp3) is 0.550. The summed E-state index contributed by atoms with van der Waals surface area (Å²) >= 11 is 6.21. The number of hydrogen-bond donors (Lipinski definition) is 1. The van der Waals surface area contributed by atoms with Crippen molar-refractivity contribution < 1.29 is 38.2 Å². The van der Waals surface area contributed by atoms with Gasteiger partial charge in [0, 0.05) is 26.8 Å². The van der Waals surface area contributed by atoms with Gasteiger partial charge in [0.2, 0.25) is 0 Å². The van der Waals surface area contributed by atoms with Crippen LogP contribution in [0.4, 0.5) is 5.69 Å². The summed E-state index contributed by atoms with van der Waals surface area (Å²) in [4.78, 5) is 44.7. The minimum absolute atomic E-state index is 0.111. The molecule has 0 saturated carbocycles. The van der Waals surface area contributed by atoms with Crippen molar-refractivity contribution in [2.75, 3.05) is 12.1 Å². The monoisotopic (exact) mass is 484 g/mol. The van der Waals surface area contributed by atoms with Crippen LogP contribution in [0.2, 0.25) is 5.15 Å². The van der Waals surface area contributed by atoms with Gasteiger partial charge in [0.15, 0.2) is 24.1 Å². The number of nitrogens with zero attached hydrogens (tertiary/aromatic N) is 3. The smallest absolute Gasteiger partial charge is 0.303 e. The first-order chi connectivity index (χ1) is 15.6. The Labute approximate surface area is 194 Å². The molecule has 0 spiro atoms. The average Bonchev–Trinajstić information content (AvgIpc) is 3.25. The Morgan fingerprint density at radius 1 is 1.15 bits per heavy atom. The predicted molar refractivity (Wildman–Crippen MR) is 114 cm³/mol. The third-order valence-corrected chi connectivity index (χ3v) is 4.72. The van der Waals surface area contributed by atoms with E-state index in [4.69, 9.17) is 35.4 Å². The number of nitrogens with one attached hydrogen (secondary N) is 1. The third-order valence-electron chi connectivity index (χ3n) is 4.52. The summed E-state index contributed by atoms with van der Waals surface area (Å²) in [6.07, 6.45) is -2.73. The van der Waals surface area contributed by atoms with E-state index in [1.165, 1.54) is 31.6 Å². The van der Waals surface area contributed by atoms with E-state index < -0.39 is 42.4 Å². The van der Waals surface area contributed by atoms with Gasteiger partial charge in [-0.05, 0) is 13.8 Å². The van der Waals surface area contributed by atoms with E-state index in [0.717, 1.165) is 0 Å². The van der Waals surface area contributed by atoms with E-state index in [1.54, 1.807) is 6.07 Å². The maximum Gasteiger partial charge on any atom is 0.303 e. The van der Waals surface area contributed by atoms with Gasteiger partial charge in [-0.1, -0.05) is 11.6 Å². The van der Waals surface area contributed by atoms with Crippen molar-refractivity contribution in [3.63, 3.8) is 0 Å². The molecule has 1 N–H and O–H groups in total. The number of halogens is 1. The molecule has 0 aromatic carbocycles. The fourth-order valence-electron chi connectivity index (χ4n) is 3.33. The summed E-state index contributed by atoms with van der Waals surface area (Å²) in [7, 11) is 0. The molecule has 2 aromatic heterocycles. The van der Waals surface area contributed by atoms with Gasteiger partial charge in [-0.3, -0.25) is 24.7 Å². The van der Waals surface area contributed by atoms with Crippen LogP contribution >= 0.6 is 11.6 Å². The molecular formula is C20H25ClN4O8. The van der Waals surface area contributed by atoms with Crippen LogP contribution in [0, 0.1) is 0 Å². The molecule has 12 nitrogen and oxygen atoms in total. The second kappa shape index (κ2) is 10.3. The Kier molecular flexibility index (Phi) is 7.72. The minimum Gasteiger partial charge on any atom is -0.463 e. The van der Waals surface area contributed by atoms with Crippen LogP contribution in [0.25, 0.3) is 11.0 Å². The largest absolute Gasteiger partial charge is 0.463 e. The van der Waals surface area contributed by atoms with Gasteiger partial charge in [0.1, 0.15) is 17.9 Å². The predicted octanol–water partition coefficient (Wildman–Crippen LogP) is 2.16. The molecule has 2 aromatic rings. The molecule has 4 atom stereocenters. The van der Waals surface area contributed by atoms with E-state index in [-0.39, 0.29) is 17.9 Å². The van der Waals surface area contributed by atoms with Gasteiger partial charge in [-0.2, -0.15) is 5.10 Å². The van der Waals surface area contributed by atoms with Crippen LogP contribution in [-0.2, 0) is 38.2 Å². The lowest BCUT2D eigenvalue weighted by molar-refractivity contribution is -0.166. The minimum atomic E-state index is -1.10. The molecule has 13 heteroatoms. The standard InChI is InChI=1S/C20H25ClN4O8/c1-9(2)33-24-14-6-16(21)23-19-13(14)7-22-25(19)20-18(31-12(5)28)17(30-11(4)27)15(32-20)8-29-10(3)26/h6-7,9,15,17-18,20H,8H2,1-5H3,(H,23,24)/t15-,17-,18-,20-/m1/s1. The summed E-state index contributed by atoms with van der Waals surface area (Å²) < 4.78 is 23.2. The molecule has 0 unspecified atom stereocenters. The highest BCUT2D eigenvalue weighted by Crippen LogP contribution is 2.37. The first-order valence-corrected chi connectivity index (χ1v) is 10.5.